The van der Waals surface area contributed by atoms with Crippen LogP contribution in [0.1, 0.15) is 11.1 Å². The standard InChI is InChI=1S/C16H17BrN2O/c1-11-9-13(17)7-8-15(11)19-16(20)14(18)10-12-5-3-2-4-6-12/h2-9,14H,10,18H2,1H3,(H,19,20). The van der Waals surface area contributed by atoms with Crippen molar-refractivity contribution in [2.45, 2.75) is 19.4 Å². The Balaban J connectivity index is 2.01. The Morgan fingerprint density at radius 2 is 1.95 bits per heavy atom. The van der Waals surface area contributed by atoms with Gasteiger partial charge in [0.1, 0.15) is 0 Å². The molecule has 2 aromatic rings. The van der Waals surface area contributed by atoms with Gasteiger partial charge < -0.3 is 11.1 Å². The van der Waals surface area contributed by atoms with Crippen molar-refractivity contribution in [2.75, 3.05) is 5.32 Å². The van der Waals surface area contributed by atoms with Gasteiger partial charge in [-0.2, -0.15) is 0 Å². The maximum absolute atomic E-state index is 12.1. The summed E-state index contributed by atoms with van der Waals surface area (Å²) in [7, 11) is 0. The Labute approximate surface area is 127 Å². The average molecular weight is 333 g/mol. The second-order valence-corrected chi connectivity index (χ2v) is 5.66. The van der Waals surface area contributed by atoms with E-state index in [-0.39, 0.29) is 5.91 Å². The lowest BCUT2D eigenvalue weighted by Gasteiger charge is -2.14. The molecular formula is C16H17BrN2O. The lowest BCUT2D eigenvalue weighted by atomic mass is 10.1. The molecule has 0 saturated carbocycles. The molecule has 0 saturated heterocycles. The highest BCUT2D eigenvalue weighted by molar-refractivity contribution is 9.10. The van der Waals surface area contributed by atoms with Gasteiger partial charge in [-0.05, 0) is 42.7 Å². The third-order valence-electron chi connectivity index (χ3n) is 3.08. The molecule has 0 radical (unpaired) electrons. The SMILES string of the molecule is Cc1cc(Br)ccc1NC(=O)C(N)Cc1ccccc1. The fraction of sp³-hybridized carbons (Fsp3) is 0.188. The van der Waals surface area contributed by atoms with Gasteiger partial charge in [-0.1, -0.05) is 46.3 Å². The van der Waals surface area contributed by atoms with E-state index in [2.05, 4.69) is 21.2 Å². The molecule has 1 atom stereocenters. The van der Waals surface area contributed by atoms with Crippen LogP contribution < -0.4 is 11.1 Å². The predicted octanol–water partition coefficient (Wildman–Crippen LogP) is 3.27. The van der Waals surface area contributed by atoms with Crippen LogP contribution in [0.4, 0.5) is 5.69 Å². The summed E-state index contributed by atoms with van der Waals surface area (Å²) in [4.78, 5) is 12.1. The van der Waals surface area contributed by atoms with Crippen LogP contribution in [0.2, 0.25) is 0 Å². The zero-order chi connectivity index (χ0) is 14.5. The largest absolute Gasteiger partial charge is 0.324 e. The molecule has 0 aliphatic rings. The fourth-order valence-electron chi connectivity index (χ4n) is 1.95. The highest BCUT2D eigenvalue weighted by Crippen LogP contribution is 2.20. The molecule has 0 spiro atoms. The molecule has 0 fully saturated rings. The number of nitrogens with one attached hydrogen (secondary N) is 1. The summed E-state index contributed by atoms with van der Waals surface area (Å²) in [6.45, 7) is 1.95. The minimum absolute atomic E-state index is 0.167. The number of hydrogen-bond donors (Lipinski definition) is 2. The Morgan fingerprint density at radius 3 is 2.60 bits per heavy atom. The van der Waals surface area contributed by atoms with Gasteiger partial charge in [-0.3, -0.25) is 4.79 Å². The third kappa shape index (κ3) is 3.92. The number of amides is 1. The van der Waals surface area contributed by atoms with Crippen molar-refractivity contribution in [3.63, 3.8) is 0 Å². The first-order chi connectivity index (χ1) is 9.56. The van der Waals surface area contributed by atoms with E-state index in [0.717, 1.165) is 21.3 Å². The number of hydrogen-bond acceptors (Lipinski definition) is 2. The van der Waals surface area contributed by atoms with Gasteiger partial charge in [-0.25, -0.2) is 0 Å². The van der Waals surface area contributed by atoms with Gasteiger partial charge in [-0.15, -0.1) is 0 Å². The Hall–Kier alpha value is -1.65. The molecule has 20 heavy (non-hydrogen) atoms. The van der Waals surface area contributed by atoms with Crippen molar-refractivity contribution in [2.24, 2.45) is 5.73 Å². The van der Waals surface area contributed by atoms with Crippen LogP contribution in [0.15, 0.2) is 53.0 Å². The summed E-state index contributed by atoms with van der Waals surface area (Å²) in [5, 5.41) is 2.87. The predicted molar refractivity (Wildman–Crippen MR) is 85.6 cm³/mol. The van der Waals surface area contributed by atoms with Gasteiger partial charge in [0.25, 0.3) is 0 Å². The van der Waals surface area contributed by atoms with Gasteiger partial charge in [0.2, 0.25) is 5.91 Å². The van der Waals surface area contributed by atoms with Crippen LogP contribution in [0, 0.1) is 6.92 Å². The molecule has 2 rings (SSSR count). The second-order valence-electron chi connectivity index (χ2n) is 4.74. The molecule has 0 bridgehead atoms. The zero-order valence-electron chi connectivity index (χ0n) is 11.3. The Bertz CT molecular complexity index is 599. The molecule has 3 N–H and O–H groups in total. The summed E-state index contributed by atoms with van der Waals surface area (Å²) < 4.78 is 0.988. The van der Waals surface area contributed by atoms with Crippen LogP contribution in [0.3, 0.4) is 0 Å². The zero-order valence-corrected chi connectivity index (χ0v) is 12.9. The number of carbonyl (C=O) groups excluding carboxylic acids is 1. The van der Waals surface area contributed by atoms with Crippen molar-refractivity contribution >= 4 is 27.5 Å². The van der Waals surface area contributed by atoms with Crippen LogP contribution >= 0.6 is 15.9 Å². The first-order valence-electron chi connectivity index (χ1n) is 6.43. The topological polar surface area (TPSA) is 55.1 Å². The molecule has 0 aliphatic carbocycles. The van der Waals surface area contributed by atoms with Gasteiger partial charge >= 0.3 is 0 Å². The van der Waals surface area contributed by atoms with Gasteiger partial charge in [0.05, 0.1) is 6.04 Å². The van der Waals surface area contributed by atoms with E-state index in [1.165, 1.54) is 0 Å². The van der Waals surface area contributed by atoms with Crippen molar-refractivity contribution in [1.29, 1.82) is 0 Å². The molecule has 0 aromatic heterocycles. The lowest BCUT2D eigenvalue weighted by Crippen LogP contribution is -2.37. The first-order valence-corrected chi connectivity index (χ1v) is 7.22. The molecule has 104 valence electrons. The smallest absolute Gasteiger partial charge is 0.241 e. The quantitative estimate of drug-likeness (QED) is 0.902. The summed E-state index contributed by atoms with van der Waals surface area (Å²) in [6.07, 6.45) is 0.530. The van der Waals surface area contributed by atoms with Crippen molar-refractivity contribution < 1.29 is 4.79 Å². The number of anilines is 1. The first kappa shape index (κ1) is 14.8. The number of benzene rings is 2. The summed E-state index contributed by atoms with van der Waals surface area (Å²) in [6, 6.07) is 14.9. The number of carbonyl (C=O) groups is 1. The van der Waals surface area contributed by atoms with E-state index in [0.29, 0.717) is 6.42 Å². The van der Waals surface area contributed by atoms with E-state index in [1.54, 1.807) is 0 Å². The minimum Gasteiger partial charge on any atom is -0.324 e. The molecule has 0 aliphatic heterocycles. The molecule has 4 heteroatoms. The molecule has 3 nitrogen and oxygen atoms in total. The van der Waals surface area contributed by atoms with Crippen LogP contribution in [-0.4, -0.2) is 11.9 Å². The third-order valence-corrected chi connectivity index (χ3v) is 3.57. The fourth-order valence-corrected chi connectivity index (χ4v) is 2.43. The normalized spacial score (nSPS) is 11.9. The highest BCUT2D eigenvalue weighted by Gasteiger charge is 2.14. The average Bonchev–Trinajstić information content (AvgIpc) is 2.43. The van der Waals surface area contributed by atoms with E-state index in [1.807, 2.05) is 55.5 Å². The maximum atomic E-state index is 12.1. The maximum Gasteiger partial charge on any atom is 0.241 e. The van der Waals surface area contributed by atoms with Gasteiger partial charge in [0, 0.05) is 10.2 Å². The second kappa shape index (κ2) is 6.68. The van der Waals surface area contributed by atoms with Crippen LogP contribution in [0.5, 0.6) is 0 Å². The number of aryl methyl sites for hydroxylation is 1. The van der Waals surface area contributed by atoms with Crippen LogP contribution in [-0.2, 0) is 11.2 Å². The molecule has 2 aromatic carbocycles. The number of rotatable bonds is 4. The van der Waals surface area contributed by atoms with E-state index < -0.39 is 6.04 Å². The molecule has 1 amide bonds. The van der Waals surface area contributed by atoms with E-state index in [4.69, 9.17) is 5.73 Å². The molecular weight excluding hydrogens is 316 g/mol. The Kier molecular flexibility index (Phi) is 4.93. The van der Waals surface area contributed by atoms with Gasteiger partial charge in [0.15, 0.2) is 0 Å². The number of halogens is 1. The highest BCUT2D eigenvalue weighted by atomic mass is 79.9. The summed E-state index contributed by atoms with van der Waals surface area (Å²) in [5.41, 5.74) is 8.81. The van der Waals surface area contributed by atoms with E-state index in [9.17, 15) is 4.79 Å². The summed E-state index contributed by atoms with van der Waals surface area (Å²) in [5.74, 6) is -0.167. The number of nitrogens with two attached hydrogens (primary N) is 1. The minimum atomic E-state index is -0.555. The molecule has 1 unspecified atom stereocenters. The molecule has 0 heterocycles. The lowest BCUT2D eigenvalue weighted by molar-refractivity contribution is -0.117. The monoisotopic (exact) mass is 332 g/mol. The van der Waals surface area contributed by atoms with Crippen molar-refractivity contribution in [3.05, 3.63) is 64.1 Å². The summed E-state index contributed by atoms with van der Waals surface area (Å²) >= 11 is 3.40. The Morgan fingerprint density at radius 1 is 1.25 bits per heavy atom. The van der Waals surface area contributed by atoms with Crippen molar-refractivity contribution in [3.8, 4) is 0 Å². The van der Waals surface area contributed by atoms with Crippen LogP contribution in [0.25, 0.3) is 0 Å². The van der Waals surface area contributed by atoms with E-state index >= 15 is 0 Å². The van der Waals surface area contributed by atoms with Crippen molar-refractivity contribution in [1.82, 2.24) is 0 Å².